The standard InChI is InChI=1S/C14H11Br2N3O3/c1-22-10-6-8(11(15)12(16)13(10)20)7-18-19-14(21)9-4-2-3-5-17-9/h2-7,20H,1H3,(H,19,21)/b18-7-. The maximum absolute atomic E-state index is 11.8. The topological polar surface area (TPSA) is 83.8 Å². The fraction of sp³-hybridized carbons (Fsp3) is 0.0714. The summed E-state index contributed by atoms with van der Waals surface area (Å²) in [6.07, 6.45) is 2.95. The van der Waals surface area contributed by atoms with E-state index >= 15 is 0 Å². The van der Waals surface area contributed by atoms with Crippen LogP contribution in [0.2, 0.25) is 0 Å². The first-order valence-electron chi connectivity index (χ1n) is 6.04. The van der Waals surface area contributed by atoms with Crippen LogP contribution in [0.1, 0.15) is 16.1 Å². The van der Waals surface area contributed by atoms with Gasteiger partial charge in [-0.25, -0.2) is 5.43 Å². The molecular formula is C14H11Br2N3O3. The van der Waals surface area contributed by atoms with Gasteiger partial charge in [-0.2, -0.15) is 5.10 Å². The van der Waals surface area contributed by atoms with Crippen molar-refractivity contribution in [3.63, 3.8) is 0 Å². The number of ether oxygens (including phenoxy) is 1. The van der Waals surface area contributed by atoms with Crippen molar-refractivity contribution in [3.05, 3.63) is 50.7 Å². The van der Waals surface area contributed by atoms with E-state index < -0.39 is 5.91 Å². The Labute approximate surface area is 143 Å². The zero-order valence-corrected chi connectivity index (χ0v) is 14.6. The highest BCUT2D eigenvalue weighted by molar-refractivity contribution is 9.13. The first-order chi connectivity index (χ1) is 10.5. The molecule has 2 N–H and O–H groups in total. The van der Waals surface area contributed by atoms with Crippen LogP contribution in [0.5, 0.6) is 11.5 Å². The monoisotopic (exact) mass is 427 g/mol. The molecule has 6 nitrogen and oxygen atoms in total. The first kappa shape index (κ1) is 16.4. The van der Waals surface area contributed by atoms with Crippen molar-refractivity contribution in [1.82, 2.24) is 10.4 Å². The van der Waals surface area contributed by atoms with Crippen LogP contribution in [-0.2, 0) is 0 Å². The minimum Gasteiger partial charge on any atom is -0.503 e. The number of hydrogen-bond acceptors (Lipinski definition) is 5. The summed E-state index contributed by atoms with van der Waals surface area (Å²) in [4.78, 5) is 15.7. The van der Waals surface area contributed by atoms with Gasteiger partial charge in [-0.3, -0.25) is 9.78 Å². The fourth-order valence-corrected chi connectivity index (χ4v) is 2.41. The number of carbonyl (C=O) groups is 1. The molecule has 0 spiro atoms. The average Bonchev–Trinajstić information content (AvgIpc) is 2.55. The smallest absolute Gasteiger partial charge is 0.289 e. The van der Waals surface area contributed by atoms with Gasteiger partial charge in [0.25, 0.3) is 5.91 Å². The van der Waals surface area contributed by atoms with Gasteiger partial charge in [0.15, 0.2) is 11.5 Å². The van der Waals surface area contributed by atoms with Gasteiger partial charge in [-0.1, -0.05) is 6.07 Å². The van der Waals surface area contributed by atoms with Crippen LogP contribution in [-0.4, -0.2) is 29.3 Å². The number of carbonyl (C=O) groups excluding carboxylic acids is 1. The molecular weight excluding hydrogens is 418 g/mol. The summed E-state index contributed by atoms with van der Waals surface area (Å²) < 4.78 is 6.08. The number of amides is 1. The van der Waals surface area contributed by atoms with E-state index in [1.54, 1.807) is 24.3 Å². The van der Waals surface area contributed by atoms with Crippen molar-refractivity contribution in [3.8, 4) is 11.5 Å². The molecule has 0 fully saturated rings. The molecule has 0 aliphatic heterocycles. The van der Waals surface area contributed by atoms with Gasteiger partial charge in [-0.05, 0) is 50.1 Å². The van der Waals surface area contributed by atoms with Crippen LogP contribution in [0.4, 0.5) is 0 Å². The Morgan fingerprint density at radius 3 is 2.82 bits per heavy atom. The highest BCUT2D eigenvalue weighted by atomic mass is 79.9. The number of pyridine rings is 1. The molecule has 0 unspecified atom stereocenters. The number of phenols is 1. The molecule has 0 saturated carbocycles. The maximum Gasteiger partial charge on any atom is 0.289 e. The van der Waals surface area contributed by atoms with E-state index in [9.17, 15) is 9.90 Å². The third-order valence-electron chi connectivity index (χ3n) is 2.66. The van der Waals surface area contributed by atoms with E-state index in [2.05, 4.69) is 47.4 Å². The number of aromatic hydroxyl groups is 1. The lowest BCUT2D eigenvalue weighted by Crippen LogP contribution is -2.18. The molecule has 1 amide bonds. The molecule has 22 heavy (non-hydrogen) atoms. The molecule has 0 aliphatic rings. The third-order valence-corrected chi connectivity index (χ3v) is 4.82. The molecule has 0 atom stereocenters. The van der Waals surface area contributed by atoms with Crippen LogP contribution >= 0.6 is 31.9 Å². The third kappa shape index (κ3) is 3.63. The van der Waals surface area contributed by atoms with Gasteiger partial charge < -0.3 is 9.84 Å². The molecule has 1 aromatic heterocycles. The van der Waals surface area contributed by atoms with E-state index in [1.165, 1.54) is 19.5 Å². The predicted molar refractivity (Wildman–Crippen MR) is 89.4 cm³/mol. The molecule has 114 valence electrons. The highest BCUT2D eigenvalue weighted by Crippen LogP contribution is 2.41. The summed E-state index contributed by atoms with van der Waals surface area (Å²) in [5, 5.41) is 13.7. The summed E-state index contributed by atoms with van der Waals surface area (Å²) in [5.41, 5.74) is 3.26. The summed E-state index contributed by atoms with van der Waals surface area (Å²) in [6.45, 7) is 0. The molecule has 0 aliphatic carbocycles. The largest absolute Gasteiger partial charge is 0.503 e. The van der Waals surface area contributed by atoms with Gasteiger partial charge in [0.2, 0.25) is 0 Å². The van der Waals surface area contributed by atoms with Gasteiger partial charge >= 0.3 is 0 Å². The molecule has 1 aromatic carbocycles. The minimum absolute atomic E-state index is 0.0240. The molecule has 0 radical (unpaired) electrons. The van der Waals surface area contributed by atoms with Crippen LogP contribution in [0.15, 0.2) is 44.5 Å². The van der Waals surface area contributed by atoms with Crippen LogP contribution < -0.4 is 10.2 Å². The number of nitrogens with one attached hydrogen (secondary N) is 1. The summed E-state index contributed by atoms with van der Waals surface area (Å²) in [6, 6.07) is 6.60. The van der Waals surface area contributed by atoms with Crippen molar-refractivity contribution >= 4 is 44.0 Å². The van der Waals surface area contributed by atoms with E-state index in [0.717, 1.165) is 0 Å². The number of phenolic OH excluding ortho intramolecular Hbond substituents is 1. The Balaban J connectivity index is 2.17. The lowest BCUT2D eigenvalue weighted by molar-refractivity contribution is 0.0950. The number of aromatic nitrogens is 1. The van der Waals surface area contributed by atoms with E-state index in [0.29, 0.717) is 14.5 Å². The van der Waals surface area contributed by atoms with Crippen molar-refractivity contribution in [2.75, 3.05) is 7.11 Å². The molecule has 2 rings (SSSR count). The van der Waals surface area contributed by atoms with Crippen molar-refractivity contribution in [2.24, 2.45) is 5.10 Å². The van der Waals surface area contributed by atoms with Crippen molar-refractivity contribution in [2.45, 2.75) is 0 Å². The maximum atomic E-state index is 11.8. The second-order valence-corrected chi connectivity index (χ2v) is 5.64. The number of hydrazone groups is 1. The Kier molecular flexibility index (Phi) is 5.51. The normalized spacial score (nSPS) is 10.7. The average molecular weight is 429 g/mol. The first-order valence-corrected chi connectivity index (χ1v) is 7.62. The van der Waals surface area contributed by atoms with E-state index in [1.807, 2.05) is 0 Å². The molecule has 1 heterocycles. The Morgan fingerprint density at radius 1 is 1.41 bits per heavy atom. The second-order valence-electron chi connectivity index (χ2n) is 4.06. The zero-order chi connectivity index (χ0) is 16.1. The molecule has 0 bridgehead atoms. The summed E-state index contributed by atoms with van der Waals surface area (Å²) in [7, 11) is 1.44. The lowest BCUT2D eigenvalue weighted by Gasteiger charge is -2.09. The number of methoxy groups -OCH3 is 1. The van der Waals surface area contributed by atoms with Gasteiger partial charge in [0, 0.05) is 16.2 Å². The minimum atomic E-state index is -0.419. The molecule has 2 aromatic rings. The number of benzene rings is 1. The SMILES string of the molecule is COc1cc(/C=N\NC(=O)c2ccccn2)c(Br)c(Br)c1O. The Morgan fingerprint density at radius 2 is 2.18 bits per heavy atom. The number of halogens is 2. The number of hydrogen-bond donors (Lipinski definition) is 2. The van der Waals surface area contributed by atoms with Gasteiger partial charge in [0.1, 0.15) is 5.69 Å². The molecule has 8 heteroatoms. The van der Waals surface area contributed by atoms with Gasteiger partial charge in [0.05, 0.1) is 17.8 Å². The van der Waals surface area contributed by atoms with Gasteiger partial charge in [-0.15, -0.1) is 0 Å². The zero-order valence-electron chi connectivity index (χ0n) is 11.4. The summed E-state index contributed by atoms with van der Waals surface area (Å²) in [5.74, 6) is -0.158. The van der Waals surface area contributed by atoms with Crippen LogP contribution in [0.3, 0.4) is 0 Å². The lowest BCUT2D eigenvalue weighted by atomic mass is 10.2. The number of nitrogens with zero attached hydrogens (tertiary/aromatic N) is 2. The Hall–Kier alpha value is -1.93. The Bertz CT molecular complexity index is 721. The highest BCUT2D eigenvalue weighted by Gasteiger charge is 2.13. The van der Waals surface area contributed by atoms with Crippen molar-refractivity contribution < 1.29 is 14.6 Å². The summed E-state index contributed by atoms with van der Waals surface area (Å²) >= 11 is 6.57. The predicted octanol–water partition coefficient (Wildman–Crippen LogP) is 3.08. The molecule has 0 saturated heterocycles. The van der Waals surface area contributed by atoms with E-state index in [4.69, 9.17) is 4.74 Å². The quantitative estimate of drug-likeness (QED) is 0.578. The van der Waals surface area contributed by atoms with Crippen LogP contribution in [0.25, 0.3) is 0 Å². The van der Waals surface area contributed by atoms with Crippen molar-refractivity contribution in [1.29, 1.82) is 0 Å². The van der Waals surface area contributed by atoms with Crippen LogP contribution in [0, 0.1) is 0 Å². The van der Waals surface area contributed by atoms with E-state index in [-0.39, 0.29) is 17.2 Å². The second kappa shape index (κ2) is 7.37. The fourth-order valence-electron chi connectivity index (χ4n) is 1.58. The number of rotatable bonds is 4.